The maximum absolute atomic E-state index is 10.7. The summed E-state index contributed by atoms with van der Waals surface area (Å²) in [6, 6.07) is 1.34. The van der Waals surface area contributed by atoms with Gasteiger partial charge in [0.2, 0.25) is 5.95 Å². The maximum atomic E-state index is 10.7. The highest BCUT2D eigenvalue weighted by Gasteiger charge is 2.05. The molecule has 92 valence electrons. The second-order valence-electron chi connectivity index (χ2n) is 3.51. The minimum absolute atomic E-state index is 0.0367. The molecule has 1 rings (SSSR count). The number of rotatable bonds is 7. The number of aromatic carboxylic acids is 1. The summed E-state index contributed by atoms with van der Waals surface area (Å²) in [5.41, 5.74) is 0.916. The lowest BCUT2D eigenvalue weighted by Crippen LogP contribution is -2.13. The number of nitrogens with zero attached hydrogens (tertiary/aromatic N) is 2. The summed E-state index contributed by atoms with van der Waals surface area (Å²) in [6.07, 6.45) is 1.40. The number of aromatic nitrogens is 2. The lowest BCUT2D eigenvalue weighted by atomic mass is 10.4. The zero-order valence-corrected chi connectivity index (χ0v) is 9.64. The molecule has 0 saturated heterocycles. The van der Waals surface area contributed by atoms with E-state index in [0.717, 1.165) is 5.57 Å². The number of carboxylic acid groups (broad SMARTS) is 1. The summed E-state index contributed by atoms with van der Waals surface area (Å²) < 4.78 is 5.26. The smallest absolute Gasteiger partial charge is 0.354 e. The fraction of sp³-hybridized carbons (Fsp3) is 0.364. The molecule has 0 spiro atoms. The van der Waals surface area contributed by atoms with Gasteiger partial charge >= 0.3 is 5.97 Å². The van der Waals surface area contributed by atoms with Gasteiger partial charge in [-0.15, -0.1) is 0 Å². The van der Waals surface area contributed by atoms with Gasteiger partial charge < -0.3 is 15.2 Å². The van der Waals surface area contributed by atoms with E-state index in [1.165, 1.54) is 12.3 Å². The largest absolute Gasteiger partial charge is 0.477 e. The van der Waals surface area contributed by atoms with Gasteiger partial charge in [0.1, 0.15) is 0 Å². The monoisotopic (exact) mass is 237 g/mol. The first kappa shape index (κ1) is 13.1. The second kappa shape index (κ2) is 6.59. The Kier molecular flexibility index (Phi) is 5.09. The average Bonchev–Trinajstić information content (AvgIpc) is 2.28. The van der Waals surface area contributed by atoms with E-state index in [1.807, 2.05) is 6.92 Å². The summed E-state index contributed by atoms with van der Waals surface area (Å²) in [4.78, 5) is 18.4. The molecule has 6 nitrogen and oxygen atoms in total. The Morgan fingerprint density at radius 3 is 3.06 bits per heavy atom. The Morgan fingerprint density at radius 1 is 1.65 bits per heavy atom. The first-order valence-electron chi connectivity index (χ1n) is 5.12. The van der Waals surface area contributed by atoms with Gasteiger partial charge in [-0.2, -0.15) is 0 Å². The third-order valence-electron chi connectivity index (χ3n) is 1.75. The fourth-order valence-electron chi connectivity index (χ4n) is 1.04. The van der Waals surface area contributed by atoms with Crippen molar-refractivity contribution in [1.82, 2.24) is 9.97 Å². The lowest BCUT2D eigenvalue weighted by Gasteiger charge is -2.06. The van der Waals surface area contributed by atoms with Gasteiger partial charge in [-0.05, 0) is 13.0 Å². The number of hydrogen-bond donors (Lipinski definition) is 2. The number of ether oxygens (including phenoxy) is 1. The fourth-order valence-corrected chi connectivity index (χ4v) is 1.04. The molecule has 1 heterocycles. The first-order valence-corrected chi connectivity index (χ1v) is 5.12. The van der Waals surface area contributed by atoms with Crippen LogP contribution in [0.25, 0.3) is 0 Å². The SMILES string of the molecule is C=C(C)COCCNc1nccc(C(=O)O)n1. The van der Waals surface area contributed by atoms with Gasteiger partial charge in [-0.3, -0.25) is 0 Å². The third kappa shape index (κ3) is 5.07. The van der Waals surface area contributed by atoms with Crippen molar-refractivity contribution >= 4 is 11.9 Å². The van der Waals surface area contributed by atoms with Crippen molar-refractivity contribution in [1.29, 1.82) is 0 Å². The number of nitrogens with one attached hydrogen (secondary N) is 1. The van der Waals surface area contributed by atoms with Crippen molar-refractivity contribution in [2.75, 3.05) is 25.1 Å². The quantitative estimate of drug-likeness (QED) is 0.547. The van der Waals surface area contributed by atoms with E-state index in [9.17, 15) is 4.79 Å². The van der Waals surface area contributed by atoms with E-state index in [1.54, 1.807) is 0 Å². The van der Waals surface area contributed by atoms with Gasteiger partial charge in [-0.25, -0.2) is 14.8 Å². The van der Waals surface area contributed by atoms with Crippen LogP contribution < -0.4 is 5.32 Å². The van der Waals surface area contributed by atoms with E-state index >= 15 is 0 Å². The number of hydrogen-bond acceptors (Lipinski definition) is 5. The van der Waals surface area contributed by atoms with Crippen LogP contribution >= 0.6 is 0 Å². The van der Waals surface area contributed by atoms with E-state index in [0.29, 0.717) is 19.8 Å². The van der Waals surface area contributed by atoms with Crippen molar-refractivity contribution in [3.8, 4) is 0 Å². The van der Waals surface area contributed by atoms with E-state index < -0.39 is 5.97 Å². The zero-order chi connectivity index (χ0) is 12.7. The Balaban J connectivity index is 2.34. The van der Waals surface area contributed by atoms with Crippen LogP contribution in [0.3, 0.4) is 0 Å². The minimum Gasteiger partial charge on any atom is -0.477 e. The lowest BCUT2D eigenvalue weighted by molar-refractivity contribution is 0.0690. The molecule has 0 aliphatic rings. The molecular weight excluding hydrogens is 222 g/mol. The van der Waals surface area contributed by atoms with Crippen LogP contribution in [0, 0.1) is 0 Å². The van der Waals surface area contributed by atoms with E-state index in [2.05, 4.69) is 21.9 Å². The maximum Gasteiger partial charge on any atom is 0.354 e. The Bertz CT molecular complexity index is 407. The first-order chi connectivity index (χ1) is 8.09. The molecule has 1 aromatic heterocycles. The standard InChI is InChI=1S/C11H15N3O3/c1-8(2)7-17-6-5-13-11-12-4-3-9(14-11)10(15)16/h3-4H,1,5-7H2,2H3,(H,15,16)(H,12,13,14). The summed E-state index contributed by atoms with van der Waals surface area (Å²) in [6.45, 7) is 7.09. The molecular formula is C11H15N3O3. The molecule has 0 saturated carbocycles. The van der Waals surface area contributed by atoms with Crippen LogP contribution in [0.1, 0.15) is 17.4 Å². The molecule has 0 amide bonds. The summed E-state index contributed by atoms with van der Waals surface area (Å²) in [5, 5.41) is 11.6. The molecule has 17 heavy (non-hydrogen) atoms. The number of carbonyl (C=O) groups is 1. The molecule has 0 fully saturated rings. The van der Waals surface area contributed by atoms with Crippen LogP contribution in [-0.2, 0) is 4.74 Å². The molecule has 0 aliphatic carbocycles. The summed E-state index contributed by atoms with van der Waals surface area (Å²) in [5.74, 6) is -0.794. The van der Waals surface area contributed by atoms with Gasteiger partial charge in [0.25, 0.3) is 0 Å². The van der Waals surface area contributed by atoms with Crippen LogP contribution in [0.2, 0.25) is 0 Å². The van der Waals surface area contributed by atoms with Crippen molar-refractivity contribution in [3.63, 3.8) is 0 Å². The van der Waals surface area contributed by atoms with Crippen molar-refractivity contribution in [3.05, 3.63) is 30.1 Å². The highest BCUT2D eigenvalue weighted by Crippen LogP contribution is 1.99. The van der Waals surface area contributed by atoms with Crippen LogP contribution in [0.4, 0.5) is 5.95 Å². The van der Waals surface area contributed by atoms with Gasteiger partial charge in [0.15, 0.2) is 5.69 Å². The Hall–Kier alpha value is -1.95. The normalized spacial score (nSPS) is 9.94. The average molecular weight is 237 g/mol. The highest BCUT2D eigenvalue weighted by molar-refractivity contribution is 5.85. The highest BCUT2D eigenvalue weighted by atomic mass is 16.5. The molecule has 0 aromatic carbocycles. The Morgan fingerprint density at radius 2 is 2.41 bits per heavy atom. The molecule has 6 heteroatoms. The molecule has 2 N–H and O–H groups in total. The minimum atomic E-state index is -1.08. The molecule has 1 aromatic rings. The van der Waals surface area contributed by atoms with Gasteiger partial charge in [0.05, 0.1) is 13.2 Å². The molecule has 0 unspecified atom stereocenters. The van der Waals surface area contributed by atoms with Crippen LogP contribution in [0.5, 0.6) is 0 Å². The molecule has 0 aliphatic heterocycles. The van der Waals surface area contributed by atoms with Gasteiger partial charge in [-0.1, -0.05) is 12.2 Å². The topological polar surface area (TPSA) is 84.3 Å². The predicted octanol–water partition coefficient (Wildman–Crippen LogP) is 1.18. The van der Waals surface area contributed by atoms with E-state index in [4.69, 9.17) is 9.84 Å². The van der Waals surface area contributed by atoms with Gasteiger partial charge in [0, 0.05) is 12.7 Å². The number of anilines is 1. The molecule has 0 radical (unpaired) electrons. The van der Waals surface area contributed by atoms with Crippen LogP contribution in [-0.4, -0.2) is 40.8 Å². The van der Waals surface area contributed by atoms with Crippen LogP contribution in [0.15, 0.2) is 24.4 Å². The predicted molar refractivity (Wildman–Crippen MR) is 63.1 cm³/mol. The van der Waals surface area contributed by atoms with Crippen molar-refractivity contribution in [2.45, 2.75) is 6.92 Å². The van der Waals surface area contributed by atoms with Crippen molar-refractivity contribution in [2.24, 2.45) is 0 Å². The Labute approximate surface area is 99.4 Å². The summed E-state index contributed by atoms with van der Waals surface area (Å²) >= 11 is 0. The van der Waals surface area contributed by atoms with E-state index in [-0.39, 0.29) is 11.6 Å². The number of carboxylic acids is 1. The third-order valence-corrected chi connectivity index (χ3v) is 1.75. The van der Waals surface area contributed by atoms with Crippen molar-refractivity contribution < 1.29 is 14.6 Å². The molecule has 0 bridgehead atoms. The summed E-state index contributed by atoms with van der Waals surface area (Å²) in [7, 11) is 0. The second-order valence-corrected chi connectivity index (χ2v) is 3.51. The molecule has 0 atom stereocenters. The zero-order valence-electron chi connectivity index (χ0n) is 9.64.